The van der Waals surface area contributed by atoms with E-state index >= 15 is 0 Å². The lowest BCUT2D eigenvalue weighted by atomic mass is 9.81. The van der Waals surface area contributed by atoms with Gasteiger partial charge >= 0.3 is 0 Å². The maximum absolute atomic E-state index is 12.2. The van der Waals surface area contributed by atoms with Crippen molar-refractivity contribution in [2.75, 3.05) is 6.54 Å². The average Bonchev–Trinajstić information content (AvgIpc) is 2.59. The molecule has 0 saturated carbocycles. The second-order valence-electron chi connectivity index (χ2n) is 8.11. The van der Waals surface area contributed by atoms with Crippen molar-refractivity contribution in [2.45, 2.75) is 91.6 Å². The zero-order valence-corrected chi connectivity index (χ0v) is 17.3. The molecule has 0 aliphatic rings. The molecule has 0 aliphatic heterocycles. The summed E-state index contributed by atoms with van der Waals surface area (Å²) in [6.45, 7) is 10.1. The van der Waals surface area contributed by atoms with Gasteiger partial charge in [-0.05, 0) is 38.5 Å². The molecule has 0 radical (unpaired) electrons. The molecule has 0 aliphatic carbocycles. The largest absolute Gasteiger partial charge is 0.356 e. The summed E-state index contributed by atoms with van der Waals surface area (Å²) in [6.07, 6.45) is 4.55. The van der Waals surface area contributed by atoms with Crippen LogP contribution in [0.15, 0.2) is 0 Å². The lowest BCUT2D eigenvalue weighted by molar-refractivity contribution is -0.128. The van der Waals surface area contributed by atoms with Gasteiger partial charge in [0.05, 0.1) is 12.1 Å². The van der Waals surface area contributed by atoms with Crippen LogP contribution in [-0.4, -0.2) is 36.1 Å². The number of hydrogen-bond acceptors (Lipinski definition) is 5. The van der Waals surface area contributed by atoms with Crippen molar-refractivity contribution in [3.8, 4) is 0 Å². The summed E-state index contributed by atoms with van der Waals surface area (Å²) in [7, 11) is 0. The molecule has 26 heavy (non-hydrogen) atoms. The predicted molar refractivity (Wildman–Crippen MR) is 106 cm³/mol. The fraction of sp³-hybridized carbons (Fsp3) is 0.850. The van der Waals surface area contributed by atoms with Crippen LogP contribution in [0.1, 0.15) is 79.6 Å². The predicted octanol–water partition coefficient (Wildman–Crippen LogP) is 2.33. The summed E-state index contributed by atoms with van der Waals surface area (Å²) in [5.74, 6) is 0.0560. The first-order valence-electron chi connectivity index (χ1n) is 9.88. The van der Waals surface area contributed by atoms with Crippen molar-refractivity contribution in [3.05, 3.63) is 0 Å². The molecule has 5 N–H and O–H groups in total. The van der Waals surface area contributed by atoms with E-state index in [4.69, 9.17) is 11.5 Å². The molecule has 0 fully saturated rings. The van der Waals surface area contributed by atoms with Gasteiger partial charge in [0, 0.05) is 24.3 Å². The fourth-order valence-electron chi connectivity index (χ4n) is 2.67. The van der Waals surface area contributed by atoms with E-state index in [0.717, 1.165) is 19.3 Å². The summed E-state index contributed by atoms with van der Waals surface area (Å²) >= 11 is 0. The highest BCUT2D eigenvalue weighted by atomic mass is 16.1. The van der Waals surface area contributed by atoms with Gasteiger partial charge in [-0.25, -0.2) is 0 Å². The quantitative estimate of drug-likeness (QED) is 0.406. The van der Waals surface area contributed by atoms with E-state index in [0.29, 0.717) is 32.2 Å². The number of unbranched alkanes of at least 4 members (excludes halogenated alkanes) is 1. The molecular formula is C20H39N3O3. The number of nitrogens with two attached hydrogens (primary N) is 2. The fourth-order valence-corrected chi connectivity index (χ4v) is 2.67. The zero-order chi connectivity index (χ0) is 20.3. The molecule has 1 amide bonds. The van der Waals surface area contributed by atoms with Crippen LogP contribution in [0, 0.1) is 11.3 Å². The van der Waals surface area contributed by atoms with Crippen LogP contribution in [0.25, 0.3) is 0 Å². The average molecular weight is 370 g/mol. The maximum atomic E-state index is 12.2. The minimum atomic E-state index is -0.478. The number of hydrogen-bond donors (Lipinski definition) is 3. The first-order chi connectivity index (χ1) is 12.0. The molecule has 0 saturated heterocycles. The van der Waals surface area contributed by atoms with Crippen LogP contribution >= 0.6 is 0 Å². The summed E-state index contributed by atoms with van der Waals surface area (Å²) in [4.78, 5) is 35.7. The normalized spacial score (nSPS) is 14.2. The van der Waals surface area contributed by atoms with E-state index in [2.05, 4.69) is 5.32 Å². The van der Waals surface area contributed by atoms with E-state index in [-0.39, 0.29) is 28.8 Å². The standard InChI is InChI=1S/C20H39N3O3/c1-6-20(4,5)19(26)16(22)10-7-8-13-23-17(24)12-9-11-15(21)18(25)14(2)3/h14-16H,6-13,21-22H2,1-5H3,(H,23,24). The Hall–Kier alpha value is -1.27. The Morgan fingerprint density at radius 2 is 1.54 bits per heavy atom. The topological polar surface area (TPSA) is 115 Å². The zero-order valence-electron chi connectivity index (χ0n) is 17.3. The van der Waals surface area contributed by atoms with Gasteiger partial charge in [0.2, 0.25) is 5.91 Å². The Balaban J connectivity index is 3.84. The molecule has 2 unspecified atom stereocenters. The van der Waals surface area contributed by atoms with Gasteiger partial charge in [0.15, 0.2) is 11.6 Å². The minimum absolute atomic E-state index is 0.0262. The smallest absolute Gasteiger partial charge is 0.219 e. The van der Waals surface area contributed by atoms with E-state index < -0.39 is 12.1 Å². The lowest BCUT2D eigenvalue weighted by Gasteiger charge is -2.24. The maximum Gasteiger partial charge on any atom is 0.219 e. The van der Waals surface area contributed by atoms with E-state index in [9.17, 15) is 14.4 Å². The minimum Gasteiger partial charge on any atom is -0.356 e. The number of Topliss-reactive ketones (excluding diaryl/α,β-unsaturated/α-hetero) is 2. The van der Waals surface area contributed by atoms with Gasteiger partial charge < -0.3 is 16.8 Å². The van der Waals surface area contributed by atoms with Crippen molar-refractivity contribution in [2.24, 2.45) is 22.8 Å². The third-order valence-corrected chi connectivity index (χ3v) is 5.01. The third-order valence-electron chi connectivity index (χ3n) is 5.01. The summed E-state index contributed by atoms with van der Waals surface area (Å²) in [6, 6.07) is -0.908. The molecule has 152 valence electrons. The molecule has 0 bridgehead atoms. The Morgan fingerprint density at radius 3 is 2.08 bits per heavy atom. The van der Waals surface area contributed by atoms with Crippen molar-refractivity contribution in [1.29, 1.82) is 0 Å². The van der Waals surface area contributed by atoms with Gasteiger partial charge in [-0.2, -0.15) is 0 Å². The molecule has 0 heterocycles. The number of carbonyl (C=O) groups is 3. The first kappa shape index (κ1) is 24.7. The molecule has 0 spiro atoms. The van der Waals surface area contributed by atoms with E-state index in [1.54, 1.807) is 0 Å². The van der Waals surface area contributed by atoms with E-state index in [1.165, 1.54) is 0 Å². The van der Waals surface area contributed by atoms with Gasteiger partial charge in [-0.1, -0.05) is 34.6 Å². The number of carbonyl (C=O) groups excluding carboxylic acids is 3. The van der Waals surface area contributed by atoms with Crippen LogP contribution < -0.4 is 16.8 Å². The second-order valence-corrected chi connectivity index (χ2v) is 8.11. The second kappa shape index (κ2) is 12.2. The number of rotatable bonds is 14. The molecular weight excluding hydrogens is 330 g/mol. The Morgan fingerprint density at radius 1 is 0.962 bits per heavy atom. The van der Waals surface area contributed by atoms with Gasteiger partial charge in [-0.15, -0.1) is 0 Å². The number of amides is 1. The van der Waals surface area contributed by atoms with Crippen molar-refractivity contribution in [1.82, 2.24) is 5.32 Å². The van der Waals surface area contributed by atoms with E-state index in [1.807, 2.05) is 34.6 Å². The van der Waals surface area contributed by atoms with Crippen molar-refractivity contribution < 1.29 is 14.4 Å². The Labute approximate surface area is 158 Å². The summed E-state index contributed by atoms with van der Waals surface area (Å²) < 4.78 is 0. The third kappa shape index (κ3) is 9.43. The summed E-state index contributed by atoms with van der Waals surface area (Å²) in [5.41, 5.74) is 11.4. The van der Waals surface area contributed by atoms with Gasteiger partial charge in [0.25, 0.3) is 0 Å². The molecule has 0 aromatic rings. The highest BCUT2D eigenvalue weighted by Crippen LogP contribution is 2.23. The van der Waals surface area contributed by atoms with Crippen LogP contribution in [0.5, 0.6) is 0 Å². The number of nitrogens with one attached hydrogen (secondary N) is 1. The van der Waals surface area contributed by atoms with Crippen molar-refractivity contribution >= 4 is 17.5 Å². The molecule has 6 heteroatoms. The van der Waals surface area contributed by atoms with Gasteiger partial charge in [0.1, 0.15) is 0 Å². The Bertz CT molecular complexity index is 461. The molecule has 0 rings (SSSR count). The monoisotopic (exact) mass is 369 g/mol. The highest BCUT2D eigenvalue weighted by Gasteiger charge is 2.29. The molecule has 6 nitrogen and oxygen atoms in total. The highest BCUT2D eigenvalue weighted by molar-refractivity contribution is 5.88. The molecule has 2 atom stereocenters. The van der Waals surface area contributed by atoms with Crippen LogP contribution in [0.4, 0.5) is 0 Å². The van der Waals surface area contributed by atoms with Crippen molar-refractivity contribution in [3.63, 3.8) is 0 Å². The SMILES string of the molecule is CCC(C)(C)C(=O)C(N)CCCCNC(=O)CCCC(N)C(=O)C(C)C. The lowest BCUT2D eigenvalue weighted by Crippen LogP contribution is -2.40. The molecule has 0 aromatic carbocycles. The molecule has 0 aromatic heterocycles. The summed E-state index contributed by atoms with van der Waals surface area (Å²) in [5, 5.41) is 2.86. The Kier molecular flexibility index (Phi) is 11.6. The van der Waals surface area contributed by atoms with Crippen LogP contribution in [-0.2, 0) is 14.4 Å². The van der Waals surface area contributed by atoms with Gasteiger partial charge in [-0.3, -0.25) is 14.4 Å². The number of ketones is 2. The first-order valence-corrected chi connectivity index (χ1v) is 9.88. The van der Waals surface area contributed by atoms with Crippen LogP contribution in [0.2, 0.25) is 0 Å². The van der Waals surface area contributed by atoms with Crippen LogP contribution in [0.3, 0.4) is 0 Å².